The van der Waals surface area contributed by atoms with Gasteiger partial charge in [0.15, 0.2) is 0 Å². The van der Waals surface area contributed by atoms with Crippen LogP contribution >= 0.6 is 0 Å². The summed E-state index contributed by atoms with van der Waals surface area (Å²) in [6.45, 7) is 5.42. The zero-order chi connectivity index (χ0) is 12.7. The monoisotopic (exact) mass is 234 g/mol. The van der Waals surface area contributed by atoms with Gasteiger partial charge in [-0.3, -0.25) is 0 Å². The first-order valence-corrected chi connectivity index (χ1v) is 6.73. The summed E-state index contributed by atoms with van der Waals surface area (Å²) in [7, 11) is 2.15. The average molecular weight is 234 g/mol. The van der Waals surface area contributed by atoms with E-state index in [2.05, 4.69) is 50.1 Å². The molecule has 0 aliphatic carbocycles. The number of nitrogens with two attached hydrogens (primary N) is 1. The Morgan fingerprint density at radius 3 is 2.35 bits per heavy atom. The molecule has 1 aromatic carbocycles. The quantitative estimate of drug-likeness (QED) is 0.785. The van der Waals surface area contributed by atoms with Crippen molar-refractivity contribution in [3.63, 3.8) is 0 Å². The van der Waals surface area contributed by atoms with E-state index in [0.29, 0.717) is 6.04 Å². The largest absolute Gasteiger partial charge is 0.375 e. The van der Waals surface area contributed by atoms with Crippen molar-refractivity contribution in [1.29, 1.82) is 0 Å². The van der Waals surface area contributed by atoms with Gasteiger partial charge in [-0.05, 0) is 43.4 Å². The Bertz CT molecular complexity index is 305. The fraction of sp³-hybridized carbons (Fsp3) is 0.600. The minimum Gasteiger partial charge on any atom is -0.375 e. The zero-order valence-corrected chi connectivity index (χ0v) is 11.4. The van der Waals surface area contributed by atoms with Crippen LogP contribution in [0.25, 0.3) is 0 Å². The van der Waals surface area contributed by atoms with Crippen molar-refractivity contribution in [3.05, 3.63) is 29.8 Å². The van der Waals surface area contributed by atoms with Crippen molar-refractivity contribution in [2.24, 2.45) is 5.73 Å². The van der Waals surface area contributed by atoms with Gasteiger partial charge in [-0.15, -0.1) is 0 Å². The fourth-order valence-electron chi connectivity index (χ4n) is 1.91. The molecule has 0 radical (unpaired) electrons. The first-order valence-electron chi connectivity index (χ1n) is 6.73. The van der Waals surface area contributed by atoms with Gasteiger partial charge in [-0.1, -0.05) is 26.0 Å². The molecule has 2 nitrogen and oxygen atoms in total. The van der Waals surface area contributed by atoms with Gasteiger partial charge in [-0.2, -0.15) is 0 Å². The van der Waals surface area contributed by atoms with Crippen molar-refractivity contribution in [1.82, 2.24) is 0 Å². The lowest BCUT2D eigenvalue weighted by atomic mass is 10.1. The molecule has 0 bridgehead atoms. The van der Waals surface area contributed by atoms with Crippen LogP contribution in [0.15, 0.2) is 24.3 Å². The lowest BCUT2D eigenvalue weighted by Crippen LogP contribution is -2.23. The number of benzene rings is 1. The second-order valence-electron chi connectivity index (χ2n) is 4.75. The smallest absolute Gasteiger partial charge is 0.0363 e. The lowest BCUT2D eigenvalue weighted by Gasteiger charge is -2.20. The van der Waals surface area contributed by atoms with E-state index in [9.17, 15) is 0 Å². The number of anilines is 1. The molecular weight excluding hydrogens is 208 g/mol. The van der Waals surface area contributed by atoms with E-state index in [1.54, 1.807) is 0 Å². The molecule has 0 aromatic heterocycles. The third-order valence-electron chi connectivity index (χ3n) is 3.38. The molecule has 2 N–H and O–H groups in total. The first-order chi connectivity index (χ1) is 8.17. The maximum atomic E-state index is 5.92. The summed E-state index contributed by atoms with van der Waals surface area (Å²) in [4.78, 5) is 2.31. The molecule has 1 atom stereocenters. The molecule has 0 fully saturated rings. The average Bonchev–Trinajstić information content (AvgIpc) is 2.38. The van der Waals surface area contributed by atoms with Crippen molar-refractivity contribution in [2.45, 2.75) is 45.6 Å². The molecular formula is C15H26N2. The molecule has 0 spiro atoms. The molecule has 0 saturated carbocycles. The van der Waals surface area contributed by atoms with Crippen LogP contribution in [0.3, 0.4) is 0 Å². The Labute approximate surface area is 106 Å². The number of rotatable bonds is 7. The highest BCUT2D eigenvalue weighted by atomic mass is 15.1. The Kier molecular flexibility index (Phi) is 6.06. The van der Waals surface area contributed by atoms with Crippen LogP contribution in [0.4, 0.5) is 5.69 Å². The van der Waals surface area contributed by atoms with E-state index < -0.39 is 0 Å². The van der Waals surface area contributed by atoms with Gasteiger partial charge in [0.2, 0.25) is 0 Å². The molecule has 2 heteroatoms. The number of hydrogen-bond donors (Lipinski definition) is 1. The molecule has 17 heavy (non-hydrogen) atoms. The summed E-state index contributed by atoms with van der Waals surface area (Å²) in [5.41, 5.74) is 8.61. The van der Waals surface area contributed by atoms with Crippen LogP contribution in [0.2, 0.25) is 0 Å². The van der Waals surface area contributed by atoms with Crippen molar-refractivity contribution in [3.8, 4) is 0 Å². The van der Waals surface area contributed by atoms with Gasteiger partial charge in [0.25, 0.3) is 0 Å². The second-order valence-corrected chi connectivity index (χ2v) is 4.75. The maximum Gasteiger partial charge on any atom is 0.0363 e. The fourth-order valence-corrected chi connectivity index (χ4v) is 1.91. The Hall–Kier alpha value is -1.02. The second kappa shape index (κ2) is 7.33. The summed E-state index contributed by atoms with van der Waals surface area (Å²) in [6.07, 6.45) is 4.47. The lowest BCUT2D eigenvalue weighted by molar-refractivity contribution is 0.568. The Morgan fingerprint density at radius 1 is 1.18 bits per heavy atom. The third-order valence-corrected chi connectivity index (χ3v) is 3.38. The predicted molar refractivity (Wildman–Crippen MR) is 76.6 cm³/mol. The molecule has 0 saturated heterocycles. The SMILES string of the molecule is CCc1ccc(N(C)CCCC(N)CC)cc1. The normalized spacial score (nSPS) is 12.5. The molecule has 0 heterocycles. The van der Waals surface area contributed by atoms with E-state index in [4.69, 9.17) is 5.73 Å². The van der Waals surface area contributed by atoms with Gasteiger partial charge in [0, 0.05) is 25.3 Å². The minimum atomic E-state index is 0.367. The number of aryl methyl sites for hydroxylation is 1. The molecule has 0 aliphatic heterocycles. The molecule has 1 rings (SSSR count). The molecule has 0 amide bonds. The van der Waals surface area contributed by atoms with Crippen molar-refractivity contribution >= 4 is 5.69 Å². The topological polar surface area (TPSA) is 29.3 Å². The number of hydrogen-bond acceptors (Lipinski definition) is 2. The van der Waals surface area contributed by atoms with Gasteiger partial charge in [0.05, 0.1) is 0 Å². The van der Waals surface area contributed by atoms with Crippen molar-refractivity contribution < 1.29 is 0 Å². The Morgan fingerprint density at radius 2 is 1.82 bits per heavy atom. The highest BCUT2D eigenvalue weighted by Crippen LogP contribution is 2.15. The van der Waals surface area contributed by atoms with E-state index >= 15 is 0 Å². The summed E-state index contributed by atoms with van der Waals surface area (Å²) in [5, 5.41) is 0. The highest BCUT2D eigenvalue weighted by molar-refractivity contribution is 5.46. The Balaban J connectivity index is 2.38. The molecule has 0 aliphatic rings. The van der Waals surface area contributed by atoms with Gasteiger partial charge < -0.3 is 10.6 Å². The third kappa shape index (κ3) is 4.78. The van der Waals surface area contributed by atoms with Crippen LogP contribution in [0.1, 0.15) is 38.7 Å². The molecule has 1 unspecified atom stereocenters. The predicted octanol–water partition coefficient (Wildman–Crippen LogP) is 3.20. The highest BCUT2D eigenvalue weighted by Gasteiger charge is 2.03. The van der Waals surface area contributed by atoms with Crippen LogP contribution in [0, 0.1) is 0 Å². The summed E-state index contributed by atoms with van der Waals surface area (Å²) < 4.78 is 0. The van der Waals surface area contributed by atoms with Gasteiger partial charge in [-0.25, -0.2) is 0 Å². The van der Waals surface area contributed by atoms with Gasteiger partial charge >= 0.3 is 0 Å². The number of nitrogens with zero attached hydrogens (tertiary/aromatic N) is 1. The summed E-state index contributed by atoms with van der Waals surface area (Å²) in [6, 6.07) is 9.20. The van der Waals surface area contributed by atoms with Crippen LogP contribution in [0.5, 0.6) is 0 Å². The molecule has 96 valence electrons. The minimum absolute atomic E-state index is 0.367. The van der Waals surface area contributed by atoms with Gasteiger partial charge in [0.1, 0.15) is 0 Å². The molecule has 1 aromatic rings. The van der Waals surface area contributed by atoms with E-state index in [-0.39, 0.29) is 0 Å². The standard InChI is InChI=1S/C15H26N2/c1-4-13-8-10-15(11-9-13)17(3)12-6-7-14(16)5-2/h8-11,14H,4-7,12,16H2,1-3H3. The first kappa shape index (κ1) is 14.0. The maximum absolute atomic E-state index is 5.92. The van der Waals surface area contributed by atoms with Crippen LogP contribution in [-0.2, 0) is 6.42 Å². The van der Waals surface area contributed by atoms with Crippen molar-refractivity contribution in [2.75, 3.05) is 18.5 Å². The summed E-state index contributed by atoms with van der Waals surface area (Å²) in [5.74, 6) is 0. The van der Waals surface area contributed by atoms with Crippen LogP contribution < -0.4 is 10.6 Å². The van der Waals surface area contributed by atoms with E-state index in [1.165, 1.54) is 17.7 Å². The van der Waals surface area contributed by atoms with E-state index in [1.807, 2.05) is 0 Å². The van der Waals surface area contributed by atoms with E-state index in [0.717, 1.165) is 25.8 Å². The summed E-state index contributed by atoms with van der Waals surface area (Å²) >= 11 is 0. The zero-order valence-electron chi connectivity index (χ0n) is 11.4. The van der Waals surface area contributed by atoms with Crippen LogP contribution in [-0.4, -0.2) is 19.6 Å².